The van der Waals surface area contributed by atoms with Crippen molar-refractivity contribution in [2.75, 3.05) is 26.2 Å². The highest BCUT2D eigenvalue weighted by Gasteiger charge is 2.22. The predicted molar refractivity (Wildman–Crippen MR) is 78.2 cm³/mol. The van der Waals surface area contributed by atoms with E-state index in [0.29, 0.717) is 12.2 Å². The van der Waals surface area contributed by atoms with Crippen LogP contribution in [0.1, 0.15) is 42.1 Å². The number of carbonyl (C=O) groups is 1. The molecule has 0 spiro atoms. The number of fused-ring (bicyclic) bond motifs is 1. The molecule has 1 unspecified atom stereocenters. The van der Waals surface area contributed by atoms with Crippen molar-refractivity contribution in [2.24, 2.45) is 0 Å². The number of Topliss-reactive ketones (excluding diaryl/α,β-unsaturated/α-hetero) is 1. The lowest BCUT2D eigenvalue weighted by molar-refractivity contribution is -0.0342. The summed E-state index contributed by atoms with van der Waals surface area (Å²) in [6.45, 7) is 6.98. The Morgan fingerprint density at radius 3 is 3.00 bits per heavy atom. The van der Waals surface area contributed by atoms with Gasteiger partial charge in [0.2, 0.25) is 0 Å². The van der Waals surface area contributed by atoms with Crippen LogP contribution in [0.4, 0.5) is 0 Å². The molecule has 0 amide bonds. The molecule has 4 nitrogen and oxygen atoms in total. The zero-order valence-electron chi connectivity index (χ0n) is 12.3. The second kappa shape index (κ2) is 6.10. The molecule has 1 aromatic heterocycles. The van der Waals surface area contributed by atoms with Crippen molar-refractivity contribution < 1.29 is 9.53 Å². The molecule has 20 heavy (non-hydrogen) atoms. The van der Waals surface area contributed by atoms with Crippen molar-refractivity contribution in [1.82, 2.24) is 9.47 Å². The molecule has 2 aliphatic rings. The third kappa shape index (κ3) is 2.96. The summed E-state index contributed by atoms with van der Waals surface area (Å²) >= 11 is 0. The molecule has 1 saturated heterocycles. The average Bonchev–Trinajstić information content (AvgIpc) is 2.78. The van der Waals surface area contributed by atoms with E-state index in [1.165, 1.54) is 5.56 Å². The largest absolute Gasteiger partial charge is 0.374 e. The summed E-state index contributed by atoms with van der Waals surface area (Å²) in [5.41, 5.74) is 2.18. The van der Waals surface area contributed by atoms with Gasteiger partial charge in [0.1, 0.15) is 0 Å². The molecule has 1 aromatic rings. The van der Waals surface area contributed by atoms with E-state index in [1.807, 2.05) is 6.20 Å². The third-order valence-corrected chi connectivity index (χ3v) is 4.45. The zero-order chi connectivity index (χ0) is 13.9. The molecule has 1 aliphatic carbocycles. The van der Waals surface area contributed by atoms with Gasteiger partial charge in [-0.3, -0.25) is 9.69 Å². The molecular weight excluding hydrogens is 252 g/mol. The molecule has 1 fully saturated rings. The number of hydrogen-bond acceptors (Lipinski definition) is 3. The Morgan fingerprint density at radius 2 is 2.15 bits per heavy atom. The van der Waals surface area contributed by atoms with Crippen LogP contribution in [0.3, 0.4) is 0 Å². The highest BCUT2D eigenvalue weighted by atomic mass is 16.5. The second-order valence-corrected chi connectivity index (χ2v) is 5.91. The van der Waals surface area contributed by atoms with E-state index in [1.54, 1.807) is 0 Å². The number of hydrogen-bond donors (Lipinski definition) is 0. The lowest BCUT2D eigenvalue weighted by Gasteiger charge is -2.32. The number of aromatic nitrogens is 1. The predicted octanol–water partition coefficient (Wildman–Crippen LogP) is 2.12. The van der Waals surface area contributed by atoms with E-state index < -0.39 is 0 Å². The summed E-state index contributed by atoms with van der Waals surface area (Å²) in [7, 11) is 0. The zero-order valence-corrected chi connectivity index (χ0v) is 12.3. The maximum absolute atomic E-state index is 12.1. The molecule has 0 aromatic carbocycles. The number of nitrogens with zero attached hydrogens (tertiary/aromatic N) is 2. The molecule has 0 bridgehead atoms. The number of rotatable bonds is 3. The van der Waals surface area contributed by atoms with Gasteiger partial charge in [-0.05, 0) is 31.4 Å². The van der Waals surface area contributed by atoms with Crippen LogP contribution in [0.2, 0.25) is 0 Å². The number of morpholine rings is 1. The van der Waals surface area contributed by atoms with Crippen molar-refractivity contribution in [3.8, 4) is 0 Å². The number of likely N-dealkylation sites (N-methyl/N-ethyl adjacent to an activating group) is 1. The molecule has 110 valence electrons. The SMILES string of the molecule is CCN1CCOC(Cn2cc3c(c2)C(=O)CCCC3)C1. The van der Waals surface area contributed by atoms with Crippen LogP contribution in [-0.4, -0.2) is 47.6 Å². The molecule has 0 saturated carbocycles. The fourth-order valence-corrected chi connectivity index (χ4v) is 3.26. The minimum absolute atomic E-state index is 0.245. The van der Waals surface area contributed by atoms with E-state index in [9.17, 15) is 4.79 Å². The van der Waals surface area contributed by atoms with E-state index in [2.05, 4.69) is 22.6 Å². The van der Waals surface area contributed by atoms with Crippen molar-refractivity contribution in [3.63, 3.8) is 0 Å². The lowest BCUT2D eigenvalue weighted by Crippen LogP contribution is -2.43. The van der Waals surface area contributed by atoms with Gasteiger partial charge in [-0.2, -0.15) is 0 Å². The van der Waals surface area contributed by atoms with Crippen LogP contribution >= 0.6 is 0 Å². The van der Waals surface area contributed by atoms with Crippen molar-refractivity contribution >= 4 is 5.78 Å². The molecular formula is C16H24N2O2. The Kier molecular flexibility index (Phi) is 4.22. The maximum Gasteiger partial charge on any atom is 0.164 e. The molecule has 0 N–H and O–H groups in total. The van der Waals surface area contributed by atoms with Gasteiger partial charge in [0.05, 0.1) is 12.7 Å². The van der Waals surface area contributed by atoms with Crippen LogP contribution in [0.25, 0.3) is 0 Å². The first-order valence-corrected chi connectivity index (χ1v) is 7.82. The maximum atomic E-state index is 12.1. The van der Waals surface area contributed by atoms with Crippen LogP contribution < -0.4 is 0 Å². The summed E-state index contributed by atoms with van der Waals surface area (Å²) in [5, 5.41) is 0. The van der Waals surface area contributed by atoms with Gasteiger partial charge in [-0.1, -0.05) is 6.92 Å². The highest BCUT2D eigenvalue weighted by molar-refractivity contribution is 5.97. The van der Waals surface area contributed by atoms with Crippen LogP contribution in [0.5, 0.6) is 0 Å². The minimum Gasteiger partial charge on any atom is -0.374 e. The molecule has 4 heteroatoms. The van der Waals surface area contributed by atoms with Gasteiger partial charge >= 0.3 is 0 Å². The lowest BCUT2D eigenvalue weighted by atomic mass is 10.1. The monoisotopic (exact) mass is 276 g/mol. The van der Waals surface area contributed by atoms with Gasteiger partial charge in [0.25, 0.3) is 0 Å². The molecule has 3 rings (SSSR count). The number of ketones is 1. The van der Waals surface area contributed by atoms with Crippen molar-refractivity contribution in [3.05, 3.63) is 23.5 Å². The Bertz CT molecular complexity index is 481. The molecule has 0 radical (unpaired) electrons. The Morgan fingerprint density at radius 1 is 1.30 bits per heavy atom. The number of carbonyl (C=O) groups excluding carboxylic acids is 1. The van der Waals surface area contributed by atoms with Crippen LogP contribution in [0, 0.1) is 0 Å². The minimum atomic E-state index is 0.245. The van der Waals surface area contributed by atoms with E-state index in [0.717, 1.165) is 57.6 Å². The van der Waals surface area contributed by atoms with E-state index in [4.69, 9.17) is 4.74 Å². The first kappa shape index (κ1) is 13.8. The fourth-order valence-electron chi connectivity index (χ4n) is 3.26. The van der Waals surface area contributed by atoms with Gasteiger partial charge in [0, 0.05) is 44.0 Å². The number of ether oxygens (including phenoxy) is 1. The van der Waals surface area contributed by atoms with Gasteiger partial charge in [-0.15, -0.1) is 0 Å². The summed E-state index contributed by atoms with van der Waals surface area (Å²) in [6, 6.07) is 0. The average molecular weight is 276 g/mol. The second-order valence-electron chi connectivity index (χ2n) is 5.91. The quantitative estimate of drug-likeness (QED) is 0.793. The smallest absolute Gasteiger partial charge is 0.164 e. The first-order valence-electron chi connectivity index (χ1n) is 7.82. The van der Waals surface area contributed by atoms with E-state index >= 15 is 0 Å². The fraction of sp³-hybridized carbons (Fsp3) is 0.688. The van der Waals surface area contributed by atoms with E-state index in [-0.39, 0.29) is 6.10 Å². The summed E-state index contributed by atoms with van der Waals surface area (Å²) < 4.78 is 8.01. The molecule has 1 aliphatic heterocycles. The molecule has 1 atom stereocenters. The van der Waals surface area contributed by atoms with Crippen molar-refractivity contribution in [2.45, 2.75) is 45.3 Å². The normalized spacial score (nSPS) is 24.4. The molecule has 2 heterocycles. The van der Waals surface area contributed by atoms with Gasteiger partial charge in [-0.25, -0.2) is 0 Å². The van der Waals surface area contributed by atoms with Gasteiger partial charge in [0.15, 0.2) is 5.78 Å². The summed E-state index contributed by atoms with van der Waals surface area (Å²) in [5.74, 6) is 0.316. The van der Waals surface area contributed by atoms with Crippen LogP contribution in [0.15, 0.2) is 12.4 Å². The summed E-state index contributed by atoms with van der Waals surface area (Å²) in [6.07, 6.45) is 8.36. The van der Waals surface area contributed by atoms with Crippen molar-refractivity contribution in [1.29, 1.82) is 0 Å². The Balaban J connectivity index is 1.69. The van der Waals surface area contributed by atoms with Crippen LogP contribution in [-0.2, 0) is 17.7 Å². The Labute approximate surface area is 120 Å². The summed E-state index contributed by atoms with van der Waals surface area (Å²) in [4.78, 5) is 14.5. The topological polar surface area (TPSA) is 34.5 Å². The Hall–Kier alpha value is -1.13. The van der Waals surface area contributed by atoms with Gasteiger partial charge < -0.3 is 9.30 Å². The standard InChI is InChI=1S/C16H24N2O2/c1-2-17-7-8-20-14(10-17)11-18-9-13-5-3-4-6-16(19)15(13)12-18/h9,12,14H,2-8,10-11H2,1H3. The first-order chi connectivity index (χ1) is 9.76. The number of aryl methyl sites for hydroxylation is 1. The third-order valence-electron chi connectivity index (χ3n) is 4.45. The highest BCUT2D eigenvalue weighted by Crippen LogP contribution is 2.22.